The first kappa shape index (κ1) is 12.9. The number of halogens is 2. The summed E-state index contributed by atoms with van der Waals surface area (Å²) in [5.41, 5.74) is 3.95. The third kappa shape index (κ3) is 2.60. The van der Waals surface area contributed by atoms with E-state index >= 15 is 0 Å². The molecule has 1 heterocycles. The maximum atomic E-state index is 5.99. The molecule has 0 amide bonds. The number of benzene rings is 1. The molecule has 19 heavy (non-hydrogen) atoms. The summed E-state index contributed by atoms with van der Waals surface area (Å²) in [5, 5.41) is 3.78. The standard InChI is InChI=1S/C14H13BrClN3/c15-12-13(16)17-8-18-14(12)19-11-7-3-5-9-4-1-2-6-10(9)11/h3,5,7-8H,1-2,4,6H2,(H,17,18,19). The molecule has 3 nitrogen and oxygen atoms in total. The molecule has 0 bridgehead atoms. The van der Waals surface area contributed by atoms with Crippen LogP contribution >= 0.6 is 27.5 Å². The predicted molar refractivity (Wildman–Crippen MR) is 81.1 cm³/mol. The van der Waals surface area contributed by atoms with Crippen LogP contribution in [-0.4, -0.2) is 9.97 Å². The van der Waals surface area contributed by atoms with Gasteiger partial charge in [0.1, 0.15) is 17.3 Å². The number of rotatable bonds is 2. The lowest BCUT2D eigenvalue weighted by atomic mass is 9.90. The highest BCUT2D eigenvalue weighted by Crippen LogP contribution is 2.33. The number of nitrogens with zero attached hydrogens (tertiary/aromatic N) is 2. The fraction of sp³-hybridized carbons (Fsp3) is 0.286. The molecule has 1 aliphatic rings. The van der Waals surface area contributed by atoms with Crippen molar-refractivity contribution in [1.82, 2.24) is 9.97 Å². The fourth-order valence-electron chi connectivity index (χ4n) is 2.46. The van der Waals surface area contributed by atoms with Crippen LogP contribution in [0, 0.1) is 0 Å². The molecule has 1 aromatic carbocycles. The van der Waals surface area contributed by atoms with E-state index in [1.807, 2.05) is 0 Å². The second-order valence-corrected chi connectivity index (χ2v) is 5.75. The van der Waals surface area contributed by atoms with E-state index in [9.17, 15) is 0 Å². The Balaban J connectivity index is 1.97. The van der Waals surface area contributed by atoms with E-state index in [4.69, 9.17) is 11.6 Å². The van der Waals surface area contributed by atoms with Gasteiger partial charge in [-0.1, -0.05) is 23.7 Å². The summed E-state index contributed by atoms with van der Waals surface area (Å²) in [6.45, 7) is 0. The van der Waals surface area contributed by atoms with Gasteiger partial charge in [-0.15, -0.1) is 0 Å². The third-order valence-electron chi connectivity index (χ3n) is 3.40. The molecule has 0 spiro atoms. The Morgan fingerprint density at radius 1 is 1.16 bits per heavy atom. The second kappa shape index (κ2) is 5.47. The number of anilines is 2. The van der Waals surface area contributed by atoms with Gasteiger partial charge in [0.2, 0.25) is 0 Å². The molecule has 98 valence electrons. The monoisotopic (exact) mass is 337 g/mol. The van der Waals surface area contributed by atoms with E-state index in [0.717, 1.165) is 18.5 Å². The summed E-state index contributed by atoms with van der Waals surface area (Å²) >= 11 is 9.40. The second-order valence-electron chi connectivity index (χ2n) is 4.60. The van der Waals surface area contributed by atoms with Gasteiger partial charge in [-0.2, -0.15) is 0 Å². The Kier molecular flexibility index (Phi) is 3.71. The summed E-state index contributed by atoms with van der Waals surface area (Å²) in [6.07, 6.45) is 6.27. The van der Waals surface area contributed by atoms with Gasteiger partial charge in [-0.3, -0.25) is 0 Å². The van der Waals surface area contributed by atoms with Crippen molar-refractivity contribution in [3.63, 3.8) is 0 Å². The number of hydrogen-bond acceptors (Lipinski definition) is 3. The summed E-state index contributed by atoms with van der Waals surface area (Å²) in [7, 11) is 0. The maximum Gasteiger partial charge on any atom is 0.149 e. The van der Waals surface area contributed by atoms with E-state index in [-0.39, 0.29) is 0 Å². The summed E-state index contributed by atoms with van der Waals surface area (Å²) < 4.78 is 0.699. The van der Waals surface area contributed by atoms with Crippen molar-refractivity contribution in [3.8, 4) is 0 Å². The molecule has 0 aliphatic heterocycles. The van der Waals surface area contributed by atoms with Gasteiger partial charge in [-0.05, 0) is 58.8 Å². The van der Waals surface area contributed by atoms with E-state index in [0.29, 0.717) is 15.4 Å². The molecular weight excluding hydrogens is 326 g/mol. The zero-order valence-corrected chi connectivity index (χ0v) is 12.6. The quantitative estimate of drug-likeness (QED) is 0.818. The van der Waals surface area contributed by atoms with Crippen molar-refractivity contribution in [1.29, 1.82) is 0 Å². The fourth-order valence-corrected chi connectivity index (χ4v) is 2.90. The Morgan fingerprint density at radius 2 is 2.00 bits per heavy atom. The SMILES string of the molecule is Clc1ncnc(Nc2cccc3c2CCCC3)c1Br. The Labute approximate surface area is 125 Å². The van der Waals surface area contributed by atoms with Crippen LogP contribution in [0.3, 0.4) is 0 Å². The van der Waals surface area contributed by atoms with E-state index in [1.54, 1.807) is 0 Å². The average molecular weight is 339 g/mol. The van der Waals surface area contributed by atoms with E-state index in [2.05, 4.69) is 49.4 Å². The minimum atomic E-state index is 0.419. The minimum Gasteiger partial charge on any atom is -0.339 e. The predicted octanol–water partition coefficient (Wildman–Crippen LogP) is 4.51. The van der Waals surface area contributed by atoms with Crippen LogP contribution < -0.4 is 5.32 Å². The lowest BCUT2D eigenvalue weighted by Crippen LogP contribution is -2.07. The van der Waals surface area contributed by atoms with Gasteiger partial charge >= 0.3 is 0 Å². The van der Waals surface area contributed by atoms with Crippen LogP contribution in [0.5, 0.6) is 0 Å². The van der Waals surface area contributed by atoms with Gasteiger partial charge in [-0.25, -0.2) is 9.97 Å². The van der Waals surface area contributed by atoms with Crippen LogP contribution in [-0.2, 0) is 12.8 Å². The molecule has 3 rings (SSSR count). The van der Waals surface area contributed by atoms with Gasteiger partial charge in [0.05, 0.1) is 4.47 Å². The van der Waals surface area contributed by atoms with Crippen molar-refractivity contribution < 1.29 is 0 Å². The first-order valence-corrected chi connectivity index (χ1v) is 7.46. The summed E-state index contributed by atoms with van der Waals surface area (Å²) in [6, 6.07) is 6.39. The van der Waals surface area contributed by atoms with E-state index < -0.39 is 0 Å². The molecular formula is C14H13BrClN3. The van der Waals surface area contributed by atoms with Crippen molar-refractivity contribution >= 4 is 39.0 Å². The summed E-state index contributed by atoms with van der Waals surface area (Å²) in [4.78, 5) is 8.17. The molecule has 1 aromatic heterocycles. The topological polar surface area (TPSA) is 37.8 Å². The van der Waals surface area contributed by atoms with Gasteiger partial charge in [0.25, 0.3) is 0 Å². The lowest BCUT2D eigenvalue weighted by molar-refractivity contribution is 0.687. The van der Waals surface area contributed by atoms with E-state index in [1.165, 1.54) is 30.3 Å². The number of nitrogens with one attached hydrogen (secondary N) is 1. The molecule has 0 saturated heterocycles. The summed E-state index contributed by atoms with van der Waals surface area (Å²) in [5.74, 6) is 0.707. The molecule has 1 N–H and O–H groups in total. The molecule has 0 unspecified atom stereocenters. The molecule has 0 fully saturated rings. The number of aromatic nitrogens is 2. The first-order valence-electron chi connectivity index (χ1n) is 6.29. The third-order valence-corrected chi connectivity index (χ3v) is 4.66. The highest BCUT2D eigenvalue weighted by atomic mass is 79.9. The van der Waals surface area contributed by atoms with Gasteiger partial charge in [0, 0.05) is 5.69 Å². The van der Waals surface area contributed by atoms with Gasteiger partial charge in [0.15, 0.2) is 0 Å². The van der Waals surface area contributed by atoms with Crippen molar-refractivity contribution in [2.75, 3.05) is 5.32 Å². The Hall–Kier alpha value is -1.13. The van der Waals surface area contributed by atoms with Crippen molar-refractivity contribution in [3.05, 3.63) is 45.3 Å². The maximum absolute atomic E-state index is 5.99. The molecule has 0 saturated carbocycles. The Bertz CT molecular complexity index is 616. The molecule has 0 radical (unpaired) electrons. The number of fused-ring (bicyclic) bond motifs is 1. The zero-order valence-electron chi connectivity index (χ0n) is 10.3. The molecule has 1 aliphatic carbocycles. The van der Waals surface area contributed by atoms with Crippen molar-refractivity contribution in [2.45, 2.75) is 25.7 Å². The minimum absolute atomic E-state index is 0.419. The lowest BCUT2D eigenvalue weighted by Gasteiger charge is -2.20. The average Bonchev–Trinajstić information content (AvgIpc) is 2.44. The van der Waals surface area contributed by atoms with Crippen LogP contribution in [0.4, 0.5) is 11.5 Å². The molecule has 5 heteroatoms. The number of aryl methyl sites for hydroxylation is 1. The first-order chi connectivity index (χ1) is 9.25. The smallest absolute Gasteiger partial charge is 0.149 e. The highest BCUT2D eigenvalue weighted by Gasteiger charge is 2.14. The van der Waals surface area contributed by atoms with Crippen LogP contribution in [0.2, 0.25) is 5.15 Å². The van der Waals surface area contributed by atoms with Crippen LogP contribution in [0.25, 0.3) is 0 Å². The van der Waals surface area contributed by atoms with Crippen molar-refractivity contribution in [2.24, 2.45) is 0 Å². The van der Waals surface area contributed by atoms with Gasteiger partial charge < -0.3 is 5.32 Å². The molecule has 0 atom stereocenters. The van der Waals surface area contributed by atoms with Crippen LogP contribution in [0.1, 0.15) is 24.0 Å². The van der Waals surface area contributed by atoms with Crippen LogP contribution in [0.15, 0.2) is 29.0 Å². The molecule has 2 aromatic rings. The largest absolute Gasteiger partial charge is 0.339 e. The highest BCUT2D eigenvalue weighted by molar-refractivity contribution is 9.10. The normalized spacial score (nSPS) is 14.0. The Morgan fingerprint density at radius 3 is 2.89 bits per heavy atom. The zero-order chi connectivity index (χ0) is 13.2. The number of hydrogen-bond donors (Lipinski definition) is 1.